The number of hydrogen-bond donors (Lipinski definition) is 2. The van der Waals surface area contributed by atoms with E-state index in [1.807, 2.05) is 27.2 Å². The molecule has 0 saturated heterocycles. The van der Waals surface area contributed by atoms with Crippen molar-refractivity contribution < 1.29 is 32.8 Å². The number of aliphatic hydroxyl groups is 1. The number of phosphoric ester groups is 1. The summed E-state index contributed by atoms with van der Waals surface area (Å²) in [5.41, 5.74) is 0. The van der Waals surface area contributed by atoms with Crippen LogP contribution in [-0.4, -0.2) is 74.2 Å². The van der Waals surface area contributed by atoms with Gasteiger partial charge < -0.3 is 19.2 Å². The molecule has 0 saturated carbocycles. The third-order valence-electron chi connectivity index (χ3n) is 5.86. The number of quaternary nitrogens is 1. The first-order valence-electron chi connectivity index (χ1n) is 13.4. The highest BCUT2D eigenvalue weighted by Gasteiger charge is 2.32. The largest absolute Gasteiger partial charge is 0.472 e. The Kier molecular flexibility index (Phi) is 20.7. The van der Waals surface area contributed by atoms with Crippen molar-refractivity contribution in [1.29, 1.82) is 0 Å². The Balaban J connectivity index is 4.61. The molecular formula is C26H55NO6P+. The summed E-state index contributed by atoms with van der Waals surface area (Å²) in [5.74, 6) is 0. The minimum atomic E-state index is -4.25. The predicted molar refractivity (Wildman–Crippen MR) is 141 cm³/mol. The lowest BCUT2D eigenvalue weighted by Gasteiger charge is -2.28. The minimum Gasteiger partial charge on any atom is -0.394 e. The number of rotatable bonds is 25. The zero-order valence-corrected chi connectivity index (χ0v) is 23.5. The third kappa shape index (κ3) is 21.0. The van der Waals surface area contributed by atoms with Gasteiger partial charge in [-0.3, -0.25) is 9.05 Å². The standard InChI is InChI=1S/C26H54NO6P/c1-6-8-10-12-13-14-15-16-17-18-20-25(26(24-28)31-22-19-11-9-7-2)33-34(29,30)32-23-21-27(3,4)5/h7,25-26,28H,2,6,8-24H2,1,3-5H3/p+1/t25-,26+/m1/s1. The monoisotopic (exact) mass is 508 g/mol. The number of nitrogens with zero attached hydrogens (tertiary/aromatic N) is 1. The van der Waals surface area contributed by atoms with E-state index in [0.29, 0.717) is 24.1 Å². The fourth-order valence-electron chi connectivity index (χ4n) is 3.67. The quantitative estimate of drug-likeness (QED) is 0.0657. The van der Waals surface area contributed by atoms with Crippen molar-refractivity contribution in [2.24, 2.45) is 0 Å². The molecule has 1 unspecified atom stereocenters. The zero-order chi connectivity index (χ0) is 25.7. The molecule has 0 bridgehead atoms. The first-order chi connectivity index (χ1) is 16.1. The maximum absolute atomic E-state index is 12.6. The number of unbranched alkanes of at least 4 members (excludes halogenated alkanes) is 11. The van der Waals surface area contributed by atoms with Crippen LogP contribution in [-0.2, 0) is 18.3 Å². The highest BCUT2D eigenvalue weighted by atomic mass is 31.2. The van der Waals surface area contributed by atoms with E-state index in [0.717, 1.165) is 38.5 Å². The van der Waals surface area contributed by atoms with E-state index in [4.69, 9.17) is 13.8 Å². The van der Waals surface area contributed by atoms with Gasteiger partial charge in [-0.2, -0.15) is 0 Å². The van der Waals surface area contributed by atoms with E-state index in [2.05, 4.69) is 13.5 Å². The molecule has 34 heavy (non-hydrogen) atoms. The molecule has 0 radical (unpaired) electrons. The van der Waals surface area contributed by atoms with E-state index in [1.165, 1.54) is 44.9 Å². The van der Waals surface area contributed by atoms with Crippen molar-refractivity contribution in [2.45, 2.75) is 109 Å². The van der Waals surface area contributed by atoms with Crippen LogP contribution in [0.2, 0.25) is 0 Å². The van der Waals surface area contributed by atoms with Crippen molar-refractivity contribution in [3.05, 3.63) is 12.7 Å². The Hall–Kier alpha value is -0.270. The van der Waals surface area contributed by atoms with E-state index in [9.17, 15) is 14.6 Å². The van der Waals surface area contributed by atoms with Crippen LogP contribution in [0, 0.1) is 0 Å². The van der Waals surface area contributed by atoms with E-state index in [-0.39, 0.29) is 13.2 Å². The molecule has 0 aliphatic carbocycles. The van der Waals surface area contributed by atoms with Crippen molar-refractivity contribution in [1.82, 2.24) is 0 Å². The second kappa shape index (κ2) is 20.9. The first kappa shape index (κ1) is 33.7. The van der Waals surface area contributed by atoms with Gasteiger partial charge in [0.1, 0.15) is 19.3 Å². The number of phosphoric acid groups is 1. The van der Waals surface area contributed by atoms with Gasteiger partial charge in [0.05, 0.1) is 33.9 Å². The predicted octanol–water partition coefficient (Wildman–Crippen LogP) is 6.24. The summed E-state index contributed by atoms with van der Waals surface area (Å²) < 4.78 is 29.8. The van der Waals surface area contributed by atoms with Crippen LogP contribution in [0.15, 0.2) is 12.7 Å². The van der Waals surface area contributed by atoms with Gasteiger partial charge in [0, 0.05) is 6.61 Å². The molecule has 0 aromatic rings. The number of likely N-dealkylation sites (N-methyl/N-ethyl adjacent to an activating group) is 1. The van der Waals surface area contributed by atoms with Crippen LogP contribution in [0.3, 0.4) is 0 Å². The van der Waals surface area contributed by atoms with Gasteiger partial charge in [-0.25, -0.2) is 4.57 Å². The van der Waals surface area contributed by atoms with Crippen LogP contribution in [0.5, 0.6) is 0 Å². The van der Waals surface area contributed by atoms with E-state index < -0.39 is 20.0 Å². The maximum atomic E-state index is 12.6. The Morgan fingerprint density at radius 2 is 1.47 bits per heavy atom. The summed E-state index contributed by atoms with van der Waals surface area (Å²) in [4.78, 5) is 10.3. The van der Waals surface area contributed by atoms with Crippen LogP contribution in [0.4, 0.5) is 0 Å². The summed E-state index contributed by atoms with van der Waals surface area (Å²) in [6.07, 6.45) is 15.9. The third-order valence-corrected chi connectivity index (χ3v) is 6.90. The summed E-state index contributed by atoms with van der Waals surface area (Å²) in [5, 5.41) is 9.90. The smallest absolute Gasteiger partial charge is 0.394 e. The fraction of sp³-hybridized carbons (Fsp3) is 0.923. The Labute approximate surface area is 210 Å². The first-order valence-corrected chi connectivity index (χ1v) is 14.9. The average Bonchev–Trinajstić information content (AvgIpc) is 2.75. The SMILES string of the molecule is C=CCCCCO[C@@H](CO)[C@@H](CCCCCCCCCCCC)OP(=O)(O)OCC[N+](C)(C)C. The van der Waals surface area contributed by atoms with Gasteiger partial charge >= 0.3 is 7.82 Å². The molecule has 7 nitrogen and oxygen atoms in total. The second-order valence-corrected chi connectivity index (χ2v) is 11.7. The molecule has 0 heterocycles. The maximum Gasteiger partial charge on any atom is 0.472 e. The Morgan fingerprint density at radius 1 is 0.882 bits per heavy atom. The molecule has 8 heteroatoms. The number of aliphatic hydroxyl groups excluding tert-OH is 1. The number of allylic oxidation sites excluding steroid dienone is 1. The minimum absolute atomic E-state index is 0.119. The Morgan fingerprint density at radius 3 is 2.00 bits per heavy atom. The lowest BCUT2D eigenvalue weighted by Crippen LogP contribution is -2.38. The topological polar surface area (TPSA) is 85.2 Å². The fourth-order valence-corrected chi connectivity index (χ4v) is 4.63. The molecule has 0 rings (SSSR count). The van der Waals surface area contributed by atoms with Gasteiger partial charge in [-0.15, -0.1) is 6.58 Å². The zero-order valence-electron chi connectivity index (χ0n) is 22.6. The van der Waals surface area contributed by atoms with Crippen LogP contribution in [0.25, 0.3) is 0 Å². The van der Waals surface area contributed by atoms with Crippen LogP contribution in [0.1, 0.15) is 96.8 Å². The highest BCUT2D eigenvalue weighted by molar-refractivity contribution is 7.47. The summed E-state index contributed by atoms with van der Waals surface area (Å²) in [6.45, 7) is 6.86. The molecule has 0 amide bonds. The summed E-state index contributed by atoms with van der Waals surface area (Å²) in [6, 6.07) is 0. The molecule has 0 aliphatic rings. The molecule has 3 atom stereocenters. The lowest BCUT2D eigenvalue weighted by atomic mass is 10.0. The van der Waals surface area contributed by atoms with Gasteiger partial charge in [0.15, 0.2) is 0 Å². The normalized spacial score (nSPS) is 15.7. The average molecular weight is 509 g/mol. The molecule has 204 valence electrons. The second-order valence-electron chi connectivity index (χ2n) is 10.3. The summed E-state index contributed by atoms with van der Waals surface area (Å²) in [7, 11) is 1.72. The van der Waals surface area contributed by atoms with Crippen molar-refractivity contribution >= 4 is 7.82 Å². The van der Waals surface area contributed by atoms with E-state index >= 15 is 0 Å². The molecule has 0 aromatic heterocycles. The van der Waals surface area contributed by atoms with Gasteiger partial charge in [-0.1, -0.05) is 77.2 Å². The Bertz CT molecular complexity index is 526. The molecule has 0 fully saturated rings. The molecule has 0 aliphatic heterocycles. The number of hydrogen-bond acceptors (Lipinski definition) is 5. The molecule has 0 spiro atoms. The van der Waals surface area contributed by atoms with Gasteiger partial charge in [-0.05, 0) is 25.7 Å². The highest BCUT2D eigenvalue weighted by Crippen LogP contribution is 2.46. The lowest BCUT2D eigenvalue weighted by molar-refractivity contribution is -0.870. The van der Waals surface area contributed by atoms with Crippen LogP contribution < -0.4 is 0 Å². The van der Waals surface area contributed by atoms with Crippen molar-refractivity contribution in [3.63, 3.8) is 0 Å². The molecule has 2 N–H and O–H groups in total. The van der Waals surface area contributed by atoms with Crippen LogP contribution >= 0.6 is 7.82 Å². The van der Waals surface area contributed by atoms with Gasteiger partial charge in [0.25, 0.3) is 0 Å². The van der Waals surface area contributed by atoms with E-state index in [1.54, 1.807) is 0 Å². The van der Waals surface area contributed by atoms with Crippen molar-refractivity contribution in [2.75, 3.05) is 47.5 Å². The van der Waals surface area contributed by atoms with Gasteiger partial charge in [0.2, 0.25) is 0 Å². The number of ether oxygens (including phenoxy) is 1. The van der Waals surface area contributed by atoms with Crippen molar-refractivity contribution in [3.8, 4) is 0 Å². The molecule has 0 aromatic carbocycles. The molecular weight excluding hydrogens is 453 g/mol. The summed E-state index contributed by atoms with van der Waals surface area (Å²) >= 11 is 0.